The summed E-state index contributed by atoms with van der Waals surface area (Å²) in [5.41, 5.74) is 1.40. The number of amides is 1. The van der Waals surface area contributed by atoms with Gasteiger partial charge in [0.2, 0.25) is 0 Å². The van der Waals surface area contributed by atoms with Gasteiger partial charge in [-0.1, -0.05) is 12.8 Å². The number of sulfone groups is 1. The summed E-state index contributed by atoms with van der Waals surface area (Å²) < 4.78 is 23.4. The predicted molar refractivity (Wildman–Crippen MR) is 104 cm³/mol. The maximum absolute atomic E-state index is 13.0. The molecular formula is C19H29N2O3S2+. The van der Waals surface area contributed by atoms with Crippen molar-refractivity contribution in [2.24, 2.45) is 0 Å². The molecule has 26 heavy (non-hydrogen) atoms. The topological polar surface area (TPSA) is 58.9 Å². The van der Waals surface area contributed by atoms with Gasteiger partial charge in [0.25, 0.3) is 5.91 Å². The van der Waals surface area contributed by atoms with Gasteiger partial charge in [-0.05, 0) is 37.3 Å². The number of carbonyl (C=O) groups excluding carboxylic acids is 1. The summed E-state index contributed by atoms with van der Waals surface area (Å²) in [5.74, 6) is 0.846. The average Bonchev–Trinajstić information content (AvgIpc) is 3.17. The number of carbonyl (C=O) groups is 1. The van der Waals surface area contributed by atoms with Crippen LogP contribution >= 0.6 is 11.3 Å². The molecular weight excluding hydrogens is 368 g/mol. The molecule has 3 heterocycles. The highest BCUT2D eigenvalue weighted by molar-refractivity contribution is 7.91. The van der Waals surface area contributed by atoms with Crippen LogP contribution in [-0.2, 0) is 22.7 Å². The van der Waals surface area contributed by atoms with Gasteiger partial charge in [-0.2, -0.15) is 0 Å². The molecule has 1 N–H and O–H groups in total. The van der Waals surface area contributed by atoms with Crippen molar-refractivity contribution in [3.8, 4) is 0 Å². The second-order valence-corrected chi connectivity index (χ2v) is 11.4. The standard InChI is InChI=1S/C19H28N2O3S2/c22-19(18-13-15-5-3-1-2-4-6-17(15)25-18)21-10-8-20(9-11-21)16-7-12-26(23,24)14-16/h13,16H,1-12,14H2/p+1/t16-/m1/s1. The van der Waals surface area contributed by atoms with E-state index in [1.165, 1.54) is 41.0 Å². The number of aryl methyl sites for hydroxylation is 2. The van der Waals surface area contributed by atoms with Crippen molar-refractivity contribution < 1.29 is 18.1 Å². The summed E-state index contributed by atoms with van der Waals surface area (Å²) >= 11 is 1.71. The van der Waals surface area contributed by atoms with E-state index in [1.807, 2.05) is 4.90 Å². The quantitative estimate of drug-likeness (QED) is 0.808. The summed E-state index contributed by atoms with van der Waals surface area (Å²) in [6, 6.07) is 2.38. The molecule has 5 nitrogen and oxygen atoms in total. The van der Waals surface area contributed by atoms with Gasteiger partial charge in [0, 0.05) is 11.3 Å². The first-order valence-corrected chi connectivity index (χ1v) is 12.6. The van der Waals surface area contributed by atoms with E-state index in [4.69, 9.17) is 0 Å². The predicted octanol–water partition coefficient (Wildman–Crippen LogP) is 0.935. The van der Waals surface area contributed by atoms with E-state index >= 15 is 0 Å². The van der Waals surface area contributed by atoms with Crippen molar-refractivity contribution in [3.63, 3.8) is 0 Å². The minimum atomic E-state index is -2.83. The molecule has 4 rings (SSSR count). The third-order valence-electron chi connectivity index (χ3n) is 6.21. The second kappa shape index (κ2) is 7.60. The Labute approximate surface area is 160 Å². The lowest BCUT2D eigenvalue weighted by molar-refractivity contribution is -0.925. The lowest BCUT2D eigenvalue weighted by Crippen LogP contribution is -3.18. The summed E-state index contributed by atoms with van der Waals surface area (Å²) in [7, 11) is -2.83. The highest BCUT2D eigenvalue weighted by atomic mass is 32.2. The Morgan fingerprint density at radius 3 is 2.54 bits per heavy atom. The SMILES string of the molecule is O=C(c1cc2c(s1)CCCCCC2)N1CC[NH+]([C@@H]2CCS(=O)(=O)C2)CC1. The van der Waals surface area contributed by atoms with Crippen LogP contribution in [0.2, 0.25) is 0 Å². The largest absolute Gasteiger partial charge is 0.329 e. The summed E-state index contributed by atoms with van der Waals surface area (Å²) in [5, 5.41) is 0. The average molecular weight is 398 g/mol. The van der Waals surface area contributed by atoms with Gasteiger partial charge in [-0.3, -0.25) is 4.79 Å². The minimum absolute atomic E-state index is 0.180. The van der Waals surface area contributed by atoms with E-state index in [1.54, 1.807) is 11.3 Å². The Bertz CT molecular complexity index is 738. The number of piperazine rings is 1. The van der Waals surface area contributed by atoms with Crippen molar-refractivity contribution in [2.45, 2.75) is 51.0 Å². The Morgan fingerprint density at radius 2 is 1.85 bits per heavy atom. The molecule has 0 bridgehead atoms. The zero-order chi connectivity index (χ0) is 18.1. The molecule has 1 aromatic rings. The third kappa shape index (κ3) is 3.99. The second-order valence-electron chi connectivity index (χ2n) is 8.02. The molecule has 2 aliphatic heterocycles. The molecule has 0 aromatic carbocycles. The Morgan fingerprint density at radius 1 is 1.12 bits per heavy atom. The van der Waals surface area contributed by atoms with Gasteiger partial charge in [-0.25, -0.2) is 8.42 Å². The summed E-state index contributed by atoms with van der Waals surface area (Å²) in [4.78, 5) is 18.6. The van der Waals surface area contributed by atoms with E-state index in [2.05, 4.69) is 6.07 Å². The Kier molecular flexibility index (Phi) is 5.39. The molecule has 3 aliphatic rings. The van der Waals surface area contributed by atoms with E-state index in [9.17, 15) is 13.2 Å². The van der Waals surface area contributed by atoms with Crippen molar-refractivity contribution in [3.05, 3.63) is 21.4 Å². The highest BCUT2D eigenvalue weighted by Gasteiger charge is 2.37. The Balaban J connectivity index is 1.37. The van der Waals surface area contributed by atoms with E-state index in [0.717, 1.165) is 50.3 Å². The van der Waals surface area contributed by atoms with Crippen LogP contribution in [0.4, 0.5) is 0 Å². The number of hydrogen-bond acceptors (Lipinski definition) is 4. The molecule has 1 amide bonds. The lowest BCUT2D eigenvalue weighted by Gasteiger charge is -2.34. The molecule has 1 aromatic heterocycles. The molecule has 0 radical (unpaired) electrons. The molecule has 1 atom stereocenters. The minimum Gasteiger partial charge on any atom is -0.329 e. The van der Waals surface area contributed by atoms with E-state index in [0.29, 0.717) is 11.5 Å². The zero-order valence-electron chi connectivity index (χ0n) is 15.3. The van der Waals surface area contributed by atoms with Crippen LogP contribution in [0.15, 0.2) is 6.07 Å². The lowest BCUT2D eigenvalue weighted by atomic mass is 10.00. The molecule has 0 saturated carbocycles. The van der Waals surface area contributed by atoms with Gasteiger partial charge in [0.15, 0.2) is 9.84 Å². The Hall–Kier alpha value is -0.920. The van der Waals surface area contributed by atoms with Crippen molar-refractivity contribution >= 4 is 27.1 Å². The van der Waals surface area contributed by atoms with Crippen LogP contribution in [0.3, 0.4) is 0 Å². The number of rotatable bonds is 2. The smallest absolute Gasteiger partial charge is 0.264 e. The number of quaternary nitrogens is 1. The van der Waals surface area contributed by atoms with Crippen LogP contribution in [0.25, 0.3) is 0 Å². The fourth-order valence-corrected chi connectivity index (χ4v) is 7.67. The highest BCUT2D eigenvalue weighted by Crippen LogP contribution is 2.29. The van der Waals surface area contributed by atoms with Crippen LogP contribution in [-0.4, -0.2) is 63.0 Å². The van der Waals surface area contributed by atoms with Crippen molar-refractivity contribution in [1.29, 1.82) is 0 Å². The molecule has 2 fully saturated rings. The van der Waals surface area contributed by atoms with Crippen LogP contribution in [0.1, 0.15) is 52.2 Å². The molecule has 7 heteroatoms. The molecule has 0 unspecified atom stereocenters. The summed E-state index contributed by atoms with van der Waals surface area (Å²) in [6.45, 7) is 3.23. The first-order chi connectivity index (χ1) is 12.5. The monoisotopic (exact) mass is 397 g/mol. The van der Waals surface area contributed by atoms with Gasteiger partial charge in [-0.15, -0.1) is 11.3 Å². The fraction of sp³-hybridized carbons (Fsp3) is 0.737. The number of thiophene rings is 1. The van der Waals surface area contributed by atoms with Gasteiger partial charge in [0.05, 0.1) is 36.8 Å². The fourth-order valence-electron chi connectivity index (χ4n) is 4.63. The van der Waals surface area contributed by atoms with Crippen molar-refractivity contribution in [2.75, 3.05) is 37.7 Å². The third-order valence-corrected chi connectivity index (χ3v) is 9.20. The number of nitrogens with one attached hydrogen (secondary N) is 1. The van der Waals surface area contributed by atoms with Crippen molar-refractivity contribution in [1.82, 2.24) is 4.90 Å². The molecule has 144 valence electrons. The number of hydrogen-bond donors (Lipinski definition) is 1. The molecule has 0 spiro atoms. The van der Waals surface area contributed by atoms with Crippen LogP contribution in [0.5, 0.6) is 0 Å². The zero-order valence-corrected chi connectivity index (χ0v) is 17.0. The van der Waals surface area contributed by atoms with Gasteiger partial charge >= 0.3 is 0 Å². The van der Waals surface area contributed by atoms with Crippen LogP contribution in [0, 0.1) is 0 Å². The van der Waals surface area contributed by atoms with E-state index < -0.39 is 9.84 Å². The maximum Gasteiger partial charge on any atom is 0.264 e. The molecule has 1 aliphatic carbocycles. The first-order valence-electron chi connectivity index (χ1n) is 9.98. The van der Waals surface area contributed by atoms with Gasteiger partial charge in [0.1, 0.15) is 11.8 Å². The normalized spacial score (nSPS) is 26.9. The summed E-state index contributed by atoms with van der Waals surface area (Å²) in [6.07, 6.45) is 8.12. The van der Waals surface area contributed by atoms with Crippen LogP contribution < -0.4 is 4.90 Å². The number of nitrogens with zero attached hydrogens (tertiary/aromatic N) is 1. The van der Waals surface area contributed by atoms with E-state index in [-0.39, 0.29) is 11.9 Å². The first kappa shape index (κ1) is 18.4. The molecule has 2 saturated heterocycles. The maximum atomic E-state index is 13.0. The number of fused-ring (bicyclic) bond motifs is 1. The van der Waals surface area contributed by atoms with Gasteiger partial charge < -0.3 is 9.80 Å².